The first-order valence-electron chi connectivity index (χ1n) is 25.2. The number of cyclic esters (lactones) is 2. The number of nitrogens with one attached hydrogen (secondary N) is 4. The molecule has 2 fully saturated rings. The number of para-hydroxylation sites is 4. The van der Waals surface area contributed by atoms with Crippen LogP contribution in [0.3, 0.4) is 0 Å². The van der Waals surface area contributed by atoms with Crippen molar-refractivity contribution in [3.05, 3.63) is 72.3 Å². The summed E-state index contributed by atoms with van der Waals surface area (Å²) in [6.45, 7) is 8.13. The van der Waals surface area contributed by atoms with E-state index >= 15 is 9.59 Å². The molecule has 4 aromatic rings. The number of amides is 8. The van der Waals surface area contributed by atoms with Gasteiger partial charge in [0.25, 0.3) is 11.8 Å². The maximum atomic E-state index is 15.3. The van der Waals surface area contributed by atoms with Crippen LogP contribution in [0.2, 0.25) is 0 Å². The lowest BCUT2D eigenvalue weighted by Gasteiger charge is -2.40. The summed E-state index contributed by atoms with van der Waals surface area (Å²) in [5, 5.41) is 10.4. The molecular formula is C52H66N12O12S2. The van der Waals surface area contributed by atoms with Gasteiger partial charge >= 0.3 is 11.9 Å². The highest BCUT2D eigenvalue weighted by Gasteiger charge is 2.45. The minimum Gasteiger partial charge on any atom is -0.464 e. The SMILES string of the molecule is CSC1SC[C@H]2C(=O)N(C)[C@@H](C(C)C)C(=O)OCC[C@@H](NC(=O)c3cnc4ccccc4n3)C(=O)N[C@@H](C)C(=O)N(C)[C@H]1C(=O)N(C)[C@@H](C(C)C)C(=O)OC[C@@H](NC(=O)c1cnc3ccccc3n1)C(=O)N[C@@H](C)C(=O)N2C. The lowest BCUT2D eigenvalue weighted by Crippen LogP contribution is -2.61. The molecule has 9 atom stereocenters. The number of thioether (sulfide) groups is 2. The van der Waals surface area contributed by atoms with Gasteiger partial charge in [0.05, 0.1) is 45.6 Å². The van der Waals surface area contributed by atoms with Crippen LogP contribution in [0.1, 0.15) is 68.9 Å². The quantitative estimate of drug-likeness (QED) is 0.188. The third-order valence-electron chi connectivity index (χ3n) is 13.4. The van der Waals surface area contributed by atoms with Crippen LogP contribution in [0.15, 0.2) is 60.9 Å². The monoisotopic (exact) mass is 1110 g/mol. The van der Waals surface area contributed by atoms with Gasteiger partial charge in [-0.25, -0.2) is 19.6 Å². The largest absolute Gasteiger partial charge is 0.464 e. The summed E-state index contributed by atoms with van der Waals surface area (Å²) in [6, 6.07) is 2.23. The molecule has 4 N–H and O–H groups in total. The lowest BCUT2D eigenvalue weighted by atomic mass is 10.0. The van der Waals surface area contributed by atoms with E-state index in [9.17, 15) is 38.4 Å². The number of hydrogen-bond acceptors (Lipinski definition) is 18. The van der Waals surface area contributed by atoms with Crippen LogP contribution in [-0.2, 0) is 47.8 Å². The number of carbonyl (C=O) groups is 10. The average molecular weight is 1120 g/mol. The number of hydrogen-bond donors (Lipinski definition) is 4. The summed E-state index contributed by atoms with van der Waals surface area (Å²) in [7, 11) is 5.39. The molecular weight excluding hydrogens is 1050 g/mol. The number of ether oxygens (including phenoxy) is 2. The van der Waals surface area contributed by atoms with Crippen LogP contribution in [0.25, 0.3) is 22.1 Å². The Hall–Kier alpha value is -7.48. The van der Waals surface area contributed by atoms with E-state index < -0.39 is 137 Å². The van der Waals surface area contributed by atoms with Crippen LogP contribution < -0.4 is 21.3 Å². The molecule has 78 heavy (non-hydrogen) atoms. The number of rotatable bonds is 7. The number of carbonyl (C=O) groups excluding carboxylic acids is 10. The van der Waals surface area contributed by atoms with E-state index in [0.717, 1.165) is 43.1 Å². The highest BCUT2D eigenvalue weighted by Crippen LogP contribution is 2.32. The Balaban J connectivity index is 1.42. The fourth-order valence-corrected chi connectivity index (χ4v) is 11.6. The van der Waals surface area contributed by atoms with Crippen molar-refractivity contribution < 1.29 is 57.4 Å². The van der Waals surface area contributed by atoms with E-state index in [2.05, 4.69) is 41.2 Å². The molecule has 1 unspecified atom stereocenters. The van der Waals surface area contributed by atoms with Crippen LogP contribution in [0.5, 0.6) is 0 Å². The van der Waals surface area contributed by atoms with Crippen molar-refractivity contribution in [3.8, 4) is 0 Å². The minimum absolute atomic E-state index is 0.133. The Kier molecular flexibility index (Phi) is 20.1. The molecule has 2 aromatic heterocycles. The summed E-state index contributed by atoms with van der Waals surface area (Å²) in [6.07, 6.45) is 3.78. The van der Waals surface area contributed by atoms with Crippen molar-refractivity contribution in [2.75, 3.05) is 53.4 Å². The van der Waals surface area contributed by atoms with Gasteiger partial charge in [-0.3, -0.25) is 48.3 Å². The summed E-state index contributed by atoms with van der Waals surface area (Å²) in [5.41, 5.74) is 1.48. The average Bonchev–Trinajstić information content (AvgIpc) is 3.45. The molecule has 2 aromatic carbocycles. The standard InChI is InChI=1S/C52H66N12O12S2/c1-26(2)39-50(73)75-21-20-34(59-43(66)35-22-53-30-16-12-14-18-32(30)57-35)42(65)55-29(6)47(70)64(10)41-49(72)63(9)40(27(3)4)51(74)76-24-37(60-44(67)36-23-54-31-17-13-15-19-33(31)58-36)45(68)56-28(5)46(69)61(7)38(48(71)62(39)8)25-78-52(41)77-11/h12-19,22-23,26-29,34,37-41,52H,20-21,24-25H2,1-11H3,(H,55,65)(H,56,68)(H,59,66)(H,60,67)/t28-,29-,34+,37+,38-,39-,40-,41-,52?/m0/s1. The second-order valence-electron chi connectivity index (χ2n) is 19.7. The van der Waals surface area contributed by atoms with E-state index in [0.29, 0.717) is 22.1 Å². The van der Waals surface area contributed by atoms with Crippen molar-refractivity contribution in [1.29, 1.82) is 0 Å². The molecule has 26 heteroatoms. The van der Waals surface area contributed by atoms with Gasteiger partial charge in [-0.05, 0) is 56.2 Å². The molecule has 2 aliphatic rings. The normalized spacial score (nSPS) is 25.4. The summed E-state index contributed by atoms with van der Waals surface area (Å²) < 4.78 is 10.5. The molecule has 8 amide bonds. The molecule has 4 heterocycles. The number of esters is 2. The number of nitrogens with zero attached hydrogens (tertiary/aromatic N) is 8. The molecule has 2 aliphatic heterocycles. The van der Waals surface area contributed by atoms with Gasteiger partial charge in [0.2, 0.25) is 35.4 Å². The highest BCUT2D eigenvalue weighted by molar-refractivity contribution is 8.16. The Morgan fingerprint density at radius 1 is 0.628 bits per heavy atom. The van der Waals surface area contributed by atoms with Crippen molar-refractivity contribution in [1.82, 2.24) is 60.8 Å². The molecule has 2 saturated heterocycles. The lowest BCUT2D eigenvalue weighted by molar-refractivity contribution is -0.159. The van der Waals surface area contributed by atoms with E-state index in [1.165, 1.54) is 54.4 Å². The van der Waals surface area contributed by atoms with Crippen LogP contribution in [-0.4, -0.2) is 205 Å². The molecule has 24 nitrogen and oxygen atoms in total. The highest BCUT2D eigenvalue weighted by atomic mass is 32.2. The maximum Gasteiger partial charge on any atom is 0.329 e. The molecule has 0 aliphatic carbocycles. The first-order valence-corrected chi connectivity index (χ1v) is 27.5. The van der Waals surface area contributed by atoms with Gasteiger partial charge in [0, 0.05) is 40.4 Å². The third-order valence-corrected chi connectivity index (χ3v) is 16.2. The Morgan fingerprint density at radius 2 is 1.08 bits per heavy atom. The fraction of sp³-hybridized carbons (Fsp3) is 0.500. The Bertz CT molecular complexity index is 2950. The zero-order valence-electron chi connectivity index (χ0n) is 45.2. The van der Waals surface area contributed by atoms with Gasteiger partial charge in [-0.2, -0.15) is 0 Å². The number of aromatic nitrogens is 4. The number of likely N-dealkylation sites (N-methyl/N-ethyl adjacent to an activating group) is 4. The molecule has 0 spiro atoms. The van der Waals surface area contributed by atoms with Crippen molar-refractivity contribution in [2.24, 2.45) is 11.8 Å². The minimum atomic E-state index is -1.66. The zero-order chi connectivity index (χ0) is 57.3. The topological polar surface area (TPSA) is 302 Å². The van der Waals surface area contributed by atoms with E-state index in [-0.39, 0.29) is 23.6 Å². The second-order valence-corrected chi connectivity index (χ2v) is 22.1. The van der Waals surface area contributed by atoms with E-state index in [1.54, 1.807) is 82.5 Å². The Morgan fingerprint density at radius 3 is 1.58 bits per heavy atom. The van der Waals surface area contributed by atoms with Gasteiger partial charge in [-0.15, -0.1) is 23.5 Å². The molecule has 6 rings (SSSR count). The Labute approximate surface area is 459 Å². The van der Waals surface area contributed by atoms with Gasteiger partial charge in [-0.1, -0.05) is 52.0 Å². The summed E-state index contributed by atoms with van der Waals surface area (Å²) in [4.78, 5) is 166. The molecule has 0 saturated carbocycles. The van der Waals surface area contributed by atoms with Crippen molar-refractivity contribution in [3.63, 3.8) is 0 Å². The summed E-state index contributed by atoms with van der Waals surface area (Å²) >= 11 is 2.17. The van der Waals surface area contributed by atoms with Crippen molar-refractivity contribution >= 4 is 105 Å². The van der Waals surface area contributed by atoms with Gasteiger partial charge in [0.15, 0.2) is 0 Å². The van der Waals surface area contributed by atoms with Gasteiger partial charge in [0.1, 0.15) is 66.3 Å². The third kappa shape index (κ3) is 13.8. The number of fused-ring (bicyclic) bond motifs is 6. The van der Waals surface area contributed by atoms with E-state index in [1.807, 2.05) is 0 Å². The smallest absolute Gasteiger partial charge is 0.329 e. The fourth-order valence-electron chi connectivity index (χ4n) is 9.08. The first-order chi connectivity index (χ1) is 36.9. The number of benzene rings is 2. The predicted molar refractivity (Wildman–Crippen MR) is 289 cm³/mol. The van der Waals surface area contributed by atoms with E-state index in [4.69, 9.17) is 9.47 Å². The maximum absolute atomic E-state index is 15.3. The first kappa shape index (κ1) is 59.8. The van der Waals surface area contributed by atoms with Crippen LogP contribution in [0, 0.1) is 11.8 Å². The summed E-state index contributed by atoms with van der Waals surface area (Å²) in [5.74, 6) is -9.94. The molecule has 2 bridgehead atoms. The second kappa shape index (κ2) is 26.2. The van der Waals surface area contributed by atoms with Gasteiger partial charge < -0.3 is 50.3 Å². The van der Waals surface area contributed by atoms with Crippen molar-refractivity contribution in [2.45, 2.75) is 101 Å². The predicted octanol–water partition coefficient (Wildman–Crippen LogP) is 1.03. The van der Waals surface area contributed by atoms with Crippen LogP contribution >= 0.6 is 23.5 Å². The molecule has 0 radical (unpaired) electrons. The molecule has 418 valence electrons. The van der Waals surface area contributed by atoms with Crippen LogP contribution in [0.4, 0.5) is 0 Å². The zero-order valence-corrected chi connectivity index (χ0v) is 46.9.